The van der Waals surface area contributed by atoms with Crippen LogP contribution in [0.3, 0.4) is 0 Å². The first-order valence-corrected chi connectivity index (χ1v) is 11.6. The standard InChI is InChI=1S/C26H22ClNO4S/c1-18-4-2-6-22(14-18)31-13-12-28-25(29)24(33-26(28)30)16-20-5-3-7-23(15-20)32-17-19-8-10-21(27)11-9-19/h2-11,14-16H,12-13,17H2,1H3/b24-16-. The Labute approximate surface area is 202 Å². The number of carbonyl (C=O) groups is 2. The van der Waals surface area contributed by atoms with E-state index in [1.54, 1.807) is 6.08 Å². The smallest absolute Gasteiger partial charge is 0.293 e. The Morgan fingerprint density at radius 1 is 0.939 bits per heavy atom. The van der Waals surface area contributed by atoms with Crippen LogP contribution in [0.15, 0.2) is 77.7 Å². The molecule has 3 aromatic carbocycles. The van der Waals surface area contributed by atoms with Gasteiger partial charge in [0.05, 0.1) is 11.4 Å². The van der Waals surface area contributed by atoms with Crippen LogP contribution >= 0.6 is 23.4 Å². The molecule has 0 atom stereocenters. The number of nitrogens with zero attached hydrogens (tertiary/aromatic N) is 1. The van der Waals surface area contributed by atoms with Crippen LogP contribution in [0.5, 0.6) is 11.5 Å². The van der Waals surface area contributed by atoms with Crippen LogP contribution in [0.2, 0.25) is 5.02 Å². The van der Waals surface area contributed by atoms with Gasteiger partial charge in [-0.05, 0) is 77.9 Å². The van der Waals surface area contributed by atoms with E-state index < -0.39 is 0 Å². The van der Waals surface area contributed by atoms with Crippen molar-refractivity contribution in [2.45, 2.75) is 13.5 Å². The third kappa shape index (κ3) is 6.18. The van der Waals surface area contributed by atoms with Gasteiger partial charge in [-0.2, -0.15) is 0 Å². The van der Waals surface area contributed by atoms with E-state index in [0.29, 0.717) is 28.0 Å². The van der Waals surface area contributed by atoms with Crippen molar-refractivity contribution in [1.82, 2.24) is 4.90 Å². The van der Waals surface area contributed by atoms with Gasteiger partial charge in [0, 0.05) is 5.02 Å². The predicted molar refractivity (Wildman–Crippen MR) is 132 cm³/mol. The number of hydrogen-bond donors (Lipinski definition) is 0. The number of thioether (sulfide) groups is 1. The highest BCUT2D eigenvalue weighted by molar-refractivity contribution is 8.18. The average molecular weight is 480 g/mol. The largest absolute Gasteiger partial charge is 0.492 e. The minimum Gasteiger partial charge on any atom is -0.492 e. The summed E-state index contributed by atoms with van der Waals surface area (Å²) in [6, 6.07) is 22.5. The maximum atomic E-state index is 12.8. The van der Waals surface area contributed by atoms with Crippen molar-refractivity contribution in [3.05, 3.63) is 99.4 Å². The van der Waals surface area contributed by atoms with Crippen LogP contribution in [0.4, 0.5) is 4.79 Å². The SMILES string of the molecule is Cc1cccc(OCCN2C(=O)S/C(=C\c3cccc(OCc4ccc(Cl)cc4)c3)C2=O)c1. The van der Waals surface area contributed by atoms with E-state index in [9.17, 15) is 9.59 Å². The number of amides is 2. The lowest BCUT2D eigenvalue weighted by atomic mass is 10.2. The zero-order valence-corrected chi connectivity index (χ0v) is 19.6. The van der Waals surface area contributed by atoms with E-state index in [2.05, 4.69) is 0 Å². The molecule has 1 aliphatic rings. The minimum atomic E-state index is -0.315. The Morgan fingerprint density at radius 2 is 1.67 bits per heavy atom. The molecule has 0 unspecified atom stereocenters. The Bertz CT molecular complexity index is 1190. The van der Waals surface area contributed by atoms with Gasteiger partial charge < -0.3 is 9.47 Å². The summed E-state index contributed by atoms with van der Waals surface area (Å²) >= 11 is 6.85. The van der Waals surface area contributed by atoms with Crippen molar-refractivity contribution in [3.8, 4) is 11.5 Å². The third-order valence-electron chi connectivity index (χ3n) is 4.92. The van der Waals surface area contributed by atoms with Gasteiger partial charge in [0.1, 0.15) is 24.7 Å². The first-order chi connectivity index (χ1) is 16.0. The molecule has 33 heavy (non-hydrogen) atoms. The fourth-order valence-corrected chi connectivity index (χ4v) is 4.24. The number of benzene rings is 3. The second-order valence-corrected chi connectivity index (χ2v) is 8.92. The predicted octanol–water partition coefficient (Wildman–Crippen LogP) is 6.34. The van der Waals surface area contributed by atoms with Gasteiger partial charge in [0.2, 0.25) is 0 Å². The van der Waals surface area contributed by atoms with Crippen LogP contribution in [0, 0.1) is 6.92 Å². The van der Waals surface area contributed by atoms with Gasteiger partial charge in [-0.3, -0.25) is 14.5 Å². The highest BCUT2D eigenvalue weighted by atomic mass is 35.5. The molecule has 0 aliphatic carbocycles. The molecule has 1 heterocycles. The number of ether oxygens (including phenoxy) is 2. The van der Waals surface area contributed by atoms with Gasteiger partial charge in [-0.25, -0.2) is 0 Å². The third-order valence-corrected chi connectivity index (χ3v) is 6.08. The maximum absolute atomic E-state index is 12.8. The molecular formula is C26H22ClNO4S. The van der Waals surface area contributed by atoms with Crippen molar-refractivity contribution in [2.75, 3.05) is 13.2 Å². The van der Waals surface area contributed by atoms with Gasteiger partial charge in [-0.1, -0.05) is 48.0 Å². The lowest BCUT2D eigenvalue weighted by molar-refractivity contribution is -0.123. The summed E-state index contributed by atoms with van der Waals surface area (Å²) in [6.07, 6.45) is 1.71. The molecule has 7 heteroatoms. The molecule has 0 bridgehead atoms. The Kier molecular flexibility index (Phi) is 7.37. The first-order valence-electron chi connectivity index (χ1n) is 10.4. The molecule has 3 aromatic rings. The average Bonchev–Trinajstić information content (AvgIpc) is 3.06. The quantitative estimate of drug-likeness (QED) is 0.353. The fraction of sp³-hybridized carbons (Fsp3) is 0.154. The molecule has 0 aromatic heterocycles. The Morgan fingerprint density at radius 3 is 2.42 bits per heavy atom. The van der Waals surface area contributed by atoms with Crippen molar-refractivity contribution in [1.29, 1.82) is 0 Å². The first kappa shape index (κ1) is 23.0. The summed E-state index contributed by atoms with van der Waals surface area (Å²) in [5.41, 5.74) is 2.87. The number of imide groups is 1. The molecule has 5 nitrogen and oxygen atoms in total. The van der Waals surface area contributed by atoms with Crippen molar-refractivity contribution in [3.63, 3.8) is 0 Å². The fourth-order valence-electron chi connectivity index (χ4n) is 3.25. The summed E-state index contributed by atoms with van der Waals surface area (Å²) in [5.74, 6) is 1.07. The molecule has 1 fully saturated rings. The zero-order valence-electron chi connectivity index (χ0n) is 18.0. The molecule has 2 amide bonds. The van der Waals surface area contributed by atoms with Crippen LogP contribution in [0.25, 0.3) is 6.08 Å². The number of aryl methyl sites for hydroxylation is 1. The normalized spacial score (nSPS) is 14.7. The van der Waals surface area contributed by atoms with E-state index in [1.165, 1.54) is 4.90 Å². The molecular weight excluding hydrogens is 458 g/mol. The van der Waals surface area contributed by atoms with E-state index in [0.717, 1.165) is 28.5 Å². The summed E-state index contributed by atoms with van der Waals surface area (Å²) in [7, 11) is 0. The molecule has 1 saturated heterocycles. The number of carbonyl (C=O) groups excluding carboxylic acids is 2. The molecule has 168 valence electrons. The second-order valence-electron chi connectivity index (χ2n) is 7.49. The van der Waals surface area contributed by atoms with Gasteiger partial charge >= 0.3 is 0 Å². The van der Waals surface area contributed by atoms with Crippen molar-refractivity contribution in [2.24, 2.45) is 0 Å². The highest BCUT2D eigenvalue weighted by Crippen LogP contribution is 2.32. The summed E-state index contributed by atoms with van der Waals surface area (Å²) in [5, 5.41) is 0.380. The Balaban J connectivity index is 1.36. The zero-order chi connectivity index (χ0) is 23.2. The van der Waals surface area contributed by atoms with Gasteiger partial charge in [0.15, 0.2) is 0 Å². The van der Waals surface area contributed by atoms with E-state index >= 15 is 0 Å². The van der Waals surface area contributed by atoms with Crippen molar-refractivity contribution >= 4 is 40.6 Å². The molecule has 0 N–H and O–H groups in total. The van der Waals surface area contributed by atoms with Crippen LogP contribution in [-0.2, 0) is 11.4 Å². The van der Waals surface area contributed by atoms with E-state index in [4.69, 9.17) is 21.1 Å². The van der Waals surface area contributed by atoms with E-state index in [-0.39, 0.29) is 24.3 Å². The van der Waals surface area contributed by atoms with Crippen molar-refractivity contribution < 1.29 is 19.1 Å². The molecule has 0 radical (unpaired) electrons. The van der Waals surface area contributed by atoms with Crippen LogP contribution < -0.4 is 9.47 Å². The number of hydrogen-bond acceptors (Lipinski definition) is 5. The lowest BCUT2D eigenvalue weighted by Crippen LogP contribution is -2.32. The van der Waals surface area contributed by atoms with Gasteiger partial charge in [-0.15, -0.1) is 0 Å². The Hall–Kier alpha value is -3.22. The summed E-state index contributed by atoms with van der Waals surface area (Å²) < 4.78 is 11.5. The number of rotatable bonds is 8. The van der Waals surface area contributed by atoms with Gasteiger partial charge in [0.25, 0.3) is 11.1 Å². The summed E-state index contributed by atoms with van der Waals surface area (Å²) in [6.45, 7) is 2.81. The number of halogens is 1. The summed E-state index contributed by atoms with van der Waals surface area (Å²) in [4.78, 5) is 26.7. The lowest BCUT2D eigenvalue weighted by Gasteiger charge is -2.13. The van der Waals surface area contributed by atoms with Crippen LogP contribution in [0.1, 0.15) is 16.7 Å². The minimum absolute atomic E-state index is 0.195. The topological polar surface area (TPSA) is 55.8 Å². The molecule has 1 aliphatic heterocycles. The maximum Gasteiger partial charge on any atom is 0.293 e. The van der Waals surface area contributed by atoms with Crippen LogP contribution in [-0.4, -0.2) is 29.2 Å². The van der Waals surface area contributed by atoms with E-state index in [1.807, 2.05) is 79.7 Å². The second kappa shape index (κ2) is 10.6. The monoisotopic (exact) mass is 479 g/mol. The molecule has 0 spiro atoms. The molecule has 0 saturated carbocycles. The molecule has 4 rings (SSSR count). The highest BCUT2D eigenvalue weighted by Gasteiger charge is 2.34.